The molecule has 0 aliphatic carbocycles. The fraction of sp³-hybridized carbons (Fsp3) is 0.643. The Morgan fingerprint density at radius 1 is 1.33 bits per heavy atom. The molecule has 1 aromatic rings. The highest BCUT2D eigenvalue weighted by molar-refractivity contribution is 7.12. The van der Waals surface area contributed by atoms with Crippen LogP contribution in [-0.2, 0) is 22.5 Å². The van der Waals surface area contributed by atoms with Crippen molar-refractivity contribution in [3.05, 3.63) is 21.9 Å². The molecule has 0 fully saturated rings. The van der Waals surface area contributed by atoms with Gasteiger partial charge >= 0.3 is 5.97 Å². The molecule has 1 aromatic heterocycles. The first-order valence-corrected chi connectivity index (χ1v) is 7.20. The summed E-state index contributed by atoms with van der Waals surface area (Å²) in [5, 5.41) is 3.51. The van der Waals surface area contributed by atoms with Gasteiger partial charge in [-0.05, 0) is 31.4 Å². The molecule has 0 radical (unpaired) electrons. The Balaban J connectivity index is 2.37. The molecule has 1 heterocycles. The lowest BCUT2D eigenvalue weighted by Crippen LogP contribution is -2.26. The summed E-state index contributed by atoms with van der Waals surface area (Å²) in [6.45, 7) is 7.55. The quantitative estimate of drug-likeness (QED) is 0.773. The Morgan fingerprint density at radius 2 is 2.00 bits per heavy atom. The first-order valence-electron chi connectivity index (χ1n) is 6.39. The van der Waals surface area contributed by atoms with E-state index in [1.54, 1.807) is 11.3 Å². The summed E-state index contributed by atoms with van der Waals surface area (Å²) < 4.78 is 4.66. The van der Waals surface area contributed by atoms with Gasteiger partial charge in [-0.25, -0.2) is 0 Å². The predicted octanol–water partition coefficient (Wildman–Crippen LogP) is 2.99. The average Bonchev–Trinajstić information content (AvgIpc) is 2.73. The molecule has 0 aromatic carbocycles. The van der Waals surface area contributed by atoms with E-state index in [4.69, 9.17) is 0 Å². The Hall–Kier alpha value is -0.870. The van der Waals surface area contributed by atoms with Gasteiger partial charge in [-0.2, -0.15) is 0 Å². The monoisotopic (exact) mass is 269 g/mol. The molecule has 0 aliphatic rings. The molecule has 0 spiro atoms. The summed E-state index contributed by atoms with van der Waals surface area (Å²) in [7, 11) is 1.42. The summed E-state index contributed by atoms with van der Waals surface area (Å²) in [5.41, 5.74) is 0. The van der Waals surface area contributed by atoms with Crippen molar-refractivity contribution in [3.8, 4) is 0 Å². The molecule has 4 heteroatoms. The van der Waals surface area contributed by atoms with Crippen molar-refractivity contribution in [2.24, 2.45) is 5.92 Å². The topological polar surface area (TPSA) is 38.3 Å². The Kier molecular flexibility index (Phi) is 6.36. The van der Waals surface area contributed by atoms with Crippen molar-refractivity contribution in [2.75, 3.05) is 7.11 Å². The van der Waals surface area contributed by atoms with Crippen LogP contribution in [0, 0.1) is 5.92 Å². The first-order chi connectivity index (χ1) is 8.51. The maximum atomic E-state index is 11.1. The van der Waals surface area contributed by atoms with Crippen molar-refractivity contribution >= 4 is 17.3 Å². The van der Waals surface area contributed by atoms with Gasteiger partial charge in [0.15, 0.2) is 0 Å². The number of hydrogen-bond acceptors (Lipinski definition) is 4. The Morgan fingerprint density at radius 3 is 2.61 bits per heavy atom. The summed E-state index contributed by atoms with van der Waals surface area (Å²) in [6, 6.07) is 4.61. The number of esters is 1. The van der Waals surface area contributed by atoms with Gasteiger partial charge in [0.2, 0.25) is 0 Å². The second-order valence-corrected chi connectivity index (χ2v) is 6.29. The highest BCUT2D eigenvalue weighted by atomic mass is 32.1. The highest BCUT2D eigenvalue weighted by Gasteiger charge is 2.08. The summed E-state index contributed by atoms with van der Waals surface area (Å²) in [6.07, 6.45) is 1.56. The number of hydrogen-bond donors (Lipinski definition) is 1. The Bertz CT molecular complexity index is 374. The standard InChI is InChI=1S/C14H23NO2S/c1-10(2)7-11(3)15-9-13-6-5-12(18-13)8-14(16)17-4/h5-6,10-11,15H,7-9H2,1-4H3. The number of carbonyl (C=O) groups excluding carboxylic acids is 1. The normalized spacial score (nSPS) is 12.7. The van der Waals surface area contributed by atoms with Crippen LogP contribution in [0.5, 0.6) is 0 Å². The number of nitrogens with one attached hydrogen (secondary N) is 1. The minimum atomic E-state index is -0.176. The van der Waals surface area contributed by atoms with E-state index >= 15 is 0 Å². The number of ether oxygens (including phenoxy) is 1. The average molecular weight is 269 g/mol. The van der Waals surface area contributed by atoms with Gasteiger partial charge in [-0.15, -0.1) is 11.3 Å². The first kappa shape index (κ1) is 15.2. The lowest BCUT2D eigenvalue weighted by molar-refractivity contribution is -0.139. The van der Waals surface area contributed by atoms with Crippen LogP contribution in [-0.4, -0.2) is 19.1 Å². The van der Waals surface area contributed by atoms with Crippen LogP contribution in [0.2, 0.25) is 0 Å². The molecule has 1 atom stereocenters. The summed E-state index contributed by atoms with van der Waals surface area (Å²) in [4.78, 5) is 13.5. The van der Waals surface area contributed by atoms with E-state index in [9.17, 15) is 4.79 Å². The highest BCUT2D eigenvalue weighted by Crippen LogP contribution is 2.17. The van der Waals surface area contributed by atoms with E-state index < -0.39 is 0 Å². The van der Waals surface area contributed by atoms with Crippen molar-refractivity contribution < 1.29 is 9.53 Å². The fourth-order valence-corrected chi connectivity index (χ4v) is 2.85. The third-order valence-electron chi connectivity index (χ3n) is 2.71. The van der Waals surface area contributed by atoms with Crippen LogP contribution in [0.25, 0.3) is 0 Å². The van der Waals surface area contributed by atoms with Crippen LogP contribution in [0.4, 0.5) is 0 Å². The third kappa shape index (κ3) is 5.65. The molecular formula is C14H23NO2S. The Labute approximate surface area is 114 Å². The molecule has 1 rings (SSSR count). The number of carbonyl (C=O) groups is 1. The molecule has 1 N–H and O–H groups in total. The SMILES string of the molecule is COC(=O)Cc1ccc(CNC(C)CC(C)C)s1. The van der Waals surface area contributed by atoms with Crippen LogP contribution in [0.1, 0.15) is 36.9 Å². The van der Waals surface area contributed by atoms with Gasteiger partial charge in [0.25, 0.3) is 0 Å². The van der Waals surface area contributed by atoms with E-state index in [1.165, 1.54) is 18.4 Å². The smallest absolute Gasteiger partial charge is 0.310 e. The molecule has 0 bridgehead atoms. The van der Waals surface area contributed by atoms with Crippen LogP contribution >= 0.6 is 11.3 Å². The maximum Gasteiger partial charge on any atom is 0.310 e. The van der Waals surface area contributed by atoms with Crippen molar-refractivity contribution in [2.45, 2.75) is 46.2 Å². The summed E-state index contributed by atoms with van der Waals surface area (Å²) in [5.74, 6) is 0.537. The zero-order valence-electron chi connectivity index (χ0n) is 11.7. The van der Waals surface area contributed by atoms with E-state index in [0.717, 1.165) is 11.4 Å². The molecule has 0 aliphatic heterocycles. The minimum absolute atomic E-state index is 0.176. The number of methoxy groups -OCH3 is 1. The van der Waals surface area contributed by atoms with E-state index in [1.807, 2.05) is 6.07 Å². The maximum absolute atomic E-state index is 11.1. The molecule has 102 valence electrons. The molecule has 1 unspecified atom stereocenters. The molecule has 0 saturated heterocycles. The van der Waals surface area contributed by atoms with E-state index in [2.05, 4.69) is 36.9 Å². The largest absolute Gasteiger partial charge is 0.469 e. The van der Waals surface area contributed by atoms with E-state index in [-0.39, 0.29) is 5.97 Å². The van der Waals surface area contributed by atoms with Crippen LogP contribution < -0.4 is 5.32 Å². The molecular weight excluding hydrogens is 246 g/mol. The van der Waals surface area contributed by atoms with Crippen LogP contribution in [0.15, 0.2) is 12.1 Å². The predicted molar refractivity (Wildman–Crippen MR) is 75.8 cm³/mol. The van der Waals surface area contributed by atoms with Gasteiger partial charge in [-0.3, -0.25) is 4.79 Å². The van der Waals surface area contributed by atoms with Crippen LogP contribution in [0.3, 0.4) is 0 Å². The zero-order valence-corrected chi connectivity index (χ0v) is 12.5. The molecule has 3 nitrogen and oxygen atoms in total. The van der Waals surface area contributed by atoms with Gasteiger partial charge in [0.1, 0.15) is 0 Å². The molecule has 0 amide bonds. The number of thiophene rings is 1. The lowest BCUT2D eigenvalue weighted by Gasteiger charge is -2.15. The van der Waals surface area contributed by atoms with E-state index in [0.29, 0.717) is 18.4 Å². The zero-order chi connectivity index (χ0) is 13.5. The molecule has 18 heavy (non-hydrogen) atoms. The van der Waals surface area contributed by atoms with Crippen molar-refractivity contribution in [3.63, 3.8) is 0 Å². The van der Waals surface area contributed by atoms with Crippen molar-refractivity contribution in [1.82, 2.24) is 5.32 Å². The minimum Gasteiger partial charge on any atom is -0.469 e. The van der Waals surface area contributed by atoms with Gasteiger partial charge < -0.3 is 10.1 Å². The van der Waals surface area contributed by atoms with Gasteiger partial charge in [-0.1, -0.05) is 13.8 Å². The second kappa shape index (κ2) is 7.54. The molecule has 0 saturated carbocycles. The lowest BCUT2D eigenvalue weighted by atomic mass is 10.1. The fourth-order valence-electron chi connectivity index (χ4n) is 1.89. The van der Waals surface area contributed by atoms with Crippen molar-refractivity contribution in [1.29, 1.82) is 0 Å². The third-order valence-corrected chi connectivity index (χ3v) is 3.80. The number of rotatable bonds is 7. The van der Waals surface area contributed by atoms with Gasteiger partial charge in [0, 0.05) is 22.3 Å². The van der Waals surface area contributed by atoms with Gasteiger partial charge in [0.05, 0.1) is 13.5 Å². The second-order valence-electron chi connectivity index (χ2n) is 5.03. The summed E-state index contributed by atoms with van der Waals surface area (Å²) >= 11 is 1.67.